The molecular formula is C21H33F9Li2S15. The van der Waals surface area contributed by atoms with Crippen LogP contribution in [0.15, 0.2) is 35.7 Å². The number of hydrogen-bond acceptors (Lipinski definition) is 4. The van der Waals surface area contributed by atoms with Gasteiger partial charge >= 0.3 is 56.0 Å². The van der Waals surface area contributed by atoms with Gasteiger partial charge in [0.05, 0.1) is 0 Å². The van der Waals surface area contributed by atoms with E-state index in [1.54, 1.807) is 71.0 Å². The third-order valence-corrected chi connectivity index (χ3v) is 22.1. The first-order valence-electron chi connectivity index (χ1n) is 10.8. The van der Waals surface area contributed by atoms with E-state index >= 15 is 0 Å². The molecule has 0 spiro atoms. The van der Waals surface area contributed by atoms with Gasteiger partial charge in [-0.25, -0.2) is 13.2 Å². The number of unbranched alkanes of at least 4 members (excludes halogenated alkanes) is 2. The van der Waals surface area contributed by atoms with Crippen LogP contribution in [-0.2, 0) is 142 Å². The monoisotopic (exact) mass is 950 g/mol. The van der Waals surface area contributed by atoms with Crippen LogP contribution >= 0.6 is 0 Å². The number of allylic oxidation sites excluding steroid dienone is 3. The minimum absolute atomic E-state index is 0. The molecule has 0 rings (SSSR count). The summed E-state index contributed by atoms with van der Waals surface area (Å²) in [6.07, 6.45) is -3.50. The molecule has 26 heteroatoms. The van der Waals surface area contributed by atoms with Crippen LogP contribution in [0.1, 0.15) is 74.1 Å². The summed E-state index contributed by atoms with van der Waals surface area (Å²) in [7, 11) is 17.2. The van der Waals surface area contributed by atoms with Gasteiger partial charge in [0.25, 0.3) is 0 Å². The number of hydrogen-bond donors (Lipinski definition) is 0. The maximum atomic E-state index is 11.3. The van der Waals surface area contributed by atoms with Crippen molar-refractivity contribution in [1.82, 2.24) is 0 Å². The van der Waals surface area contributed by atoms with E-state index in [1.165, 1.54) is 30.6 Å². The first-order valence-corrected chi connectivity index (χ1v) is 28.1. The van der Waals surface area contributed by atoms with Gasteiger partial charge in [0.2, 0.25) is 0 Å². The van der Waals surface area contributed by atoms with Gasteiger partial charge in [0, 0.05) is 142 Å². The van der Waals surface area contributed by atoms with Gasteiger partial charge in [0.15, 0.2) is 5.83 Å². The first kappa shape index (κ1) is 74.7. The molecule has 0 aromatic rings. The Morgan fingerprint density at radius 2 is 0.660 bits per heavy atom. The summed E-state index contributed by atoms with van der Waals surface area (Å²) in [6, 6.07) is 0. The molecule has 0 fully saturated rings. The molecule has 0 saturated heterocycles. The minimum atomic E-state index is -2.91. The average molecular weight is 951 g/mol. The Bertz CT molecular complexity index is 1160. The van der Waals surface area contributed by atoms with Crippen LogP contribution in [0.3, 0.4) is 0 Å². The number of halogens is 9. The Hall–Kier alpha value is 2.64. The second kappa shape index (κ2) is 77.9. The molecule has 0 bridgehead atoms. The normalized spacial score (nSPS) is 7.45. The molecule has 0 heterocycles. The second-order valence-corrected chi connectivity index (χ2v) is 24.8. The molecule has 0 aromatic heterocycles. The predicted molar refractivity (Wildman–Crippen MR) is 218 cm³/mol. The molecule has 0 nitrogen and oxygen atoms in total. The van der Waals surface area contributed by atoms with Crippen molar-refractivity contribution in [2.45, 2.75) is 74.1 Å². The minimum Gasteiger partial charge on any atom is -0.343 e. The van der Waals surface area contributed by atoms with E-state index in [1.807, 2.05) is 13.8 Å². The van der Waals surface area contributed by atoms with E-state index in [4.69, 9.17) is 0 Å². The Morgan fingerprint density at radius 1 is 0.489 bits per heavy atom. The molecular weight excluding hydrogens is 918 g/mol. The molecule has 0 aromatic carbocycles. The van der Waals surface area contributed by atoms with Gasteiger partial charge in [0.1, 0.15) is 11.7 Å². The van der Waals surface area contributed by atoms with Gasteiger partial charge in [-0.05, 0) is 34.6 Å². The Morgan fingerprint density at radius 3 is 0.723 bits per heavy atom. The van der Waals surface area contributed by atoms with Crippen LogP contribution < -0.4 is 37.7 Å². The summed E-state index contributed by atoms with van der Waals surface area (Å²) in [4.78, 5) is 0. The molecule has 47 heavy (non-hydrogen) atoms. The molecule has 0 aliphatic heterocycles. The fourth-order valence-electron chi connectivity index (χ4n) is 0.0907. The molecule has 0 radical (unpaired) electrons. The van der Waals surface area contributed by atoms with E-state index in [0.717, 1.165) is 35.6 Å². The molecule has 0 saturated carbocycles. The van der Waals surface area contributed by atoms with E-state index in [-0.39, 0.29) is 37.7 Å². The second-order valence-electron chi connectivity index (χ2n) is 5.34. The standard InChI is InChI=1S/C4H6F2.2C4H9.C4H6.C3H3F3.C2F4.2Li.S12.S3/c1-3(5)4(2)6;3*1-3-4-2;1-2(4)3(5)6;3-1(4)2(5)6;;;1-3-5-7-9-11-12-10-8-6-4-2;1-3-2/h1-2H3;2*1,3-4H2,2H3;1-2H3;1H3;;;;;/q;2*-1;;;;2*+1;;/b4-3+;;;;;;;;;. The zero-order valence-electron chi connectivity index (χ0n) is 26.8. The van der Waals surface area contributed by atoms with Crippen LogP contribution in [0, 0.1) is 25.7 Å². The Labute approximate surface area is 350 Å². The van der Waals surface area contributed by atoms with Crippen LogP contribution in [0.4, 0.5) is 39.5 Å². The van der Waals surface area contributed by atoms with Crippen LogP contribution in [0.2, 0.25) is 0 Å². The summed E-state index contributed by atoms with van der Waals surface area (Å²) < 4.78 is 96.1. The molecule has 0 unspecified atom stereocenters. The smallest absolute Gasteiger partial charge is 0.343 e. The van der Waals surface area contributed by atoms with Crippen molar-refractivity contribution in [3.8, 4) is 11.8 Å². The van der Waals surface area contributed by atoms with Gasteiger partial charge in [-0.1, -0.05) is 26.7 Å². The van der Waals surface area contributed by atoms with Crippen molar-refractivity contribution in [3.05, 3.63) is 49.6 Å². The predicted octanol–water partition coefficient (Wildman–Crippen LogP) is 4.49. The molecule has 0 aliphatic rings. The average Bonchev–Trinajstić information content (AvgIpc) is 3.00. The zero-order chi connectivity index (χ0) is 37.5. The molecule has 272 valence electrons. The number of rotatable bonds is 2. The topological polar surface area (TPSA) is 0 Å². The van der Waals surface area contributed by atoms with E-state index < -0.39 is 35.7 Å². The van der Waals surface area contributed by atoms with E-state index in [9.17, 15) is 39.5 Å². The van der Waals surface area contributed by atoms with Crippen molar-refractivity contribution in [2.24, 2.45) is 0 Å². The summed E-state index contributed by atoms with van der Waals surface area (Å²) in [5.41, 5.74) is 0. The molecule has 0 N–H and O–H groups in total. The quantitative estimate of drug-likeness (QED) is 0.173. The van der Waals surface area contributed by atoms with Crippen molar-refractivity contribution in [3.63, 3.8) is 0 Å². The maximum absolute atomic E-state index is 11.3. The Balaban J connectivity index is -0.0000000432. The third kappa shape index (κ3) is 149. The zero-order valence-corrected chi connectivity index (χ0v) is 39.0. The van der Waals surface area contributed by atoms with Crippen molar-refractivity contribution in [1.29, 1.82) is 0 Å². The van der Waals surface area contributed by atoms with E-state index in [0.29, 0.717) is 6.92 Å². The third-order valence-electron chi connectivity index (χ3n) is 2.09. The van der Waals surface area contributed by atoms with Crippen molar-refractivity contribution >= 4 is 142 Å². The summed E-state index contributed by atoms with van der Waals surface area (Å²) in [6.45, 7) is 17.9. The molecule has 0 amide bonds. The van der Waals surface area contributed by atoms with Crippen LogP contribution in [0.5, 0.6) is 0 Å². The molecule has 0 aliphatic carbocycles. The Kier molecular flexibility index (Phi) is 124. The van der Waals surface area contributed by atoms with Crippen LogP contribution in [0.25, 0.3) is 0 Å². The summed E-state index contributed by atoms with van der Waals surface area (Å²) in [5, 5.41) is 0. The van der Waals surface area contributed by atoms with Crippen molar-refractivity contribution in [2.75, 3.05) is 0 Å². The fourth-order valence-corrected chi connectivity index (χ4v) is 22.0. The first-order chi connectivity index (χ1) is 21.0. The maximum Gasteiger partial charge on any atom is 1.00 e. The van der Waals surface area contributed by atoms with Crippen LogP contribution in [-0.4, -0.2) is 0 Å². The summed E-state index contributed by atoms with van der Waals surface area (Å²) in [5.74, 6) is 2.47. The molecule has 0 atom stereocenters. The van der Waals surface area contributed by atoms with Gasteiger partial charge in [-0.15, -0.1) is 11.8 Å². The summed E-state index contributed by atoms with van der Waals surface area (Å²) >= 11 is 17.6. The van der Waals surface area contributed by atoms with Crippen molar-refractivity contribution < 1.29 is 77.2 Å². The van der Waals surface area contributed by atoms with E-state index in [2.05, 4.69) is 84.3 Å². The SMILES string of the molecule is C/C(F)=C(/C)F.CC#CC.CC(F)=C(F)F.FC(F)=C(F)F.S=S=S.S=S=S=S=S=S=S=S=S=S=S=S.[CH2-]CCC.[CH2-]CCC.[Li+].[Li+]. The van der Waals surface area contributed by atoms with Gasteiger partial charge in [-0.2, -0.15) is 39.2 Å². The fraction of sp³-hybridized carbons (Fsp3) is 0.524. The van der Waals surface area contributed by atoms with Gasteiger partial charge in [-0.3, -0.25) is 0 Å². The van der Waals surface area contributed by atoms with Gasteiger partial charge < -0.3 is 13.8 Å². The largest absolute Gasteiger partial charge is 1.00 e.